The van der Waals surface area contributed by atoms with Gasteiger partial charge < -0.3 is 9.68 Å². The van der Waals surface area contributed by atoms with Crippen molar-refractivity contribution in [1.82, 2.24) is 0 Å². The van der Waals surface area contributed by atoms with Crippen molar-refractivity contribution in [2.75, 3.05) is 0 Å². The van der Waals surface area contributed by atoms with Crippen molar-refractivity contribution in [3.8, 4) is 0 Å². The fraction of sp³-hybridized carbons (Fsp3) is 0.400. The molecule has 15 heavy (non-hydrogen) atoms. The van der Waals surface area contributed by atoms with Gasteiger partial charge in [0, 0.05) is 0 Å². The lowest BCUT2D eigenvalue weighted by atomic mass is 9.79. The van der Waals surface area contributed by atoms with Crippen molar-refractivity contribution in [2.24, 2.45) is 5.18 Å². The molecular formula is C10H12BNO3. The van der Waals surface area contributed by atoms with Crippen LogP contribution in [0, 0.1) is 4.91 Å². The third kappa shape index (κ3) is 1.68. The smallest absolute Gasteiger partial charge is 0.423 e. The number of nitroso groups, excluding NO2 is 1. The molecule has 0 radical (unpaired) electrons. The Hall–Kier alpha value is -1.20. The van der Waals surface area contributed by atoms with Gasteiger partial charge in [0.25, 0.3) is 0 Å². The van der Waals surface area contributed by atoms with Gasteiger partial charge >= 0.3 is 7.12 Å². The van der Waals surface area contributed by atoms with E-state index in [-0.39, 0.29) is 0 Å². The van der Waals surface area contributed by atoms with Crippen LogP contribution >= 0.6 is 0 Å². The van der Waals surface area contributed by atoms with Crippen LogP contribution < -0.4 is 5.46 Å². The Bertz CT molecular complexity index is 371. The molecule has 1 aromatic carbocycles. The second kappa shape index (κ2) is 4.12. The van der Waals surface area contributed by atoms with Gasteiger partial charge in [-0.05, 0) is 17.4 Å². The van der Waals surface area contributed by atoms with Gasteiger partial charge in [-0.2, -0.15) is 4.91 Å². The molecule has 1 aliphatic heterocycles. The second-order valence-electron chi connectivity index (χ2n) is 3.62. The highest BCUT2D eigenvalue weighted by molar-refractivity contribution is 6.61. The lowest BCUT2D eigenvalue weighted by Crippen LogP contribution is -2.27. The lowest BCUT2D eigenvalue weighted by molar-refractivity contribution is 0.160. The molecule has 2 atom stereocenters. The monoisotopic (exact) mass is 205 g/mol. The van der Waals surface area contributed by atoms with E-state index in [0.29, 0.717) is 6.42 Å². The van der Waals surface area contributed by atoms with Crippen LogP contribution in [-0.4, -0.2) is 18.2 Å². The third-order valence-electron chi connectivity index (χ3n) is 2.75. The zero-order valence-electron chi connectivity index (χ0n) is 8.46. The first-order chi connectivity index (χ1) is 7.27. The highest BCUT2D eigenvalue weighted by Gasteiger charge is 2.38. The quantitative estimate of drug-likeness (QED) is 0.591. The lowest BCUT2D eigenvalue weighted by Gasteiger charge is -2.16. The number of rotatable bonds is 3. The summed E-state index contributed by atoms with van der Waals surface area (Å²) in [6, 6.07) is 6.94. The number of hydrogen-bond donors (Lipinski definition) is 1. The Morgan fingerprint density at radius 1 is 1.60 bits per heavy atom. The summed E-state index contributed by atoms with van der Waals surface area (Å²) in [7, 11) is -0.929. The summed E-state index contributed by atoms with van der Waals surface area (Å²) in [5, 5.41) is 12.7. The zero-order chi connectivity index (χ0) is 10.8. The van der Waals surface area contributed by atoms with Gasteiger partial charge in [0.15, 0.2) is 0 Å². The maximum atomic E-state index is 10.6. The SMILES string of the molecule is CCC(N=O)C1OB(O)c2ccccc21. The van der Waals surface area contributed by atoms with Crippen LogP contribution in [0.15, 0.2) is 29.4 Å². The van der Waals surface area contributed by atoms with E-state index in [4.69, 9.17) is 4.65 Å². The van der Waals surface area contributed by atoms with E-state index in [2.05, 4.69) is 5.18 Å². The molecule has 1 heterocycles. The van der Waals surface area contributed by atoms with Gasteiger partial charge in [0.1, 0.15) is 6.04 Å². The molecule has 0 aromatic heterocycles. The van der Waals surface area contributed by atoms with E-state index in [0.717, 1.165) is 11.0 Å². The maximum Gasteiger partial charge on any atom is 0.492 e. The Kier molecular flexibility index (Phi) is 2.84. The van der Waals surface area contributed by atoms with E-state index in [1.165, 1.54) is 0 Å². The Morgan fingerprint density at radius 2 is 2.33 bits per heavy atom. The molecule has 0 saturated heterocycles. The number of hydrogen-bond acceptors (Lipinski definition) is 4. The van der Waals surface area contributed by atoms with Crippen LogP contribution in [0.5, 0.6) is 0 Å². The normalized spacial score (nSPS) is 21.2. The van der Waals surface area contributed by atoms with Crippen molar-refractivity contribution in [3.05, 3.63) is 34.7 Å². The van der Waals surface area contributed by atoms with E-state index in [1.54, 1.807) is 6.07 Å². The van der Waals surface area contributed by atoms with Crippen LogP contribution in [0.1, 0.15) is 25.0 Å². The van der Waals surface area contributed by atoms with Crippen LogP contribution in [0.3, 0.4) is 0 Å². The fourth-order valence-corrected chi connectivity index (χ4v) is 1.92. The first-order valence-electron chi connectivity index (χ1n) is 5.02. The van der Waals surface area contributed by atoms with Crippen molar-refractivity contribution in [2.45, 2.75) is 25.5 Å². The number of benzene rings is 1. The standard InChI is InChI=1S/C10H12BNO3/c1-2-9(12-14)10-7-5-3-4-6-8(7)11(13)15-10/h3-6,9-10,13H,2H2,1H3. The Labute approximate surface area is 88.4 Å². The van der Waals surface area contributed by atoms with Crippen molar-refractivity contribution >= 4 is 12.6 Å². The van der Waals surface area contributed by atoms with Crippen LogP contribution in [-0.2, 0) is 4.65 Å². The van der Waals surface area contributed by atoms with Crippen LogP contribution in [0.4, 0.5) is 0 Å². The summed E-state index contributed by atoms with van der Waals surface area (Å²) in [4.78, 5) is 10.6. The highest BCUT2D eigenvalue weighted by atomic mass is 16.5. The van der Waals surface area contributed by atoms with Crippen molar-refractivity contribution < 1.29 is 9.68 Å². The summed E-state index contributed by atoms with van der Waals surface area (Å²) in [6.07, 6.45) is 0.202. The average molecular weight is 205 g/mol. The van der Waals surface area contributed by atoms with Gasteiger partial charge in [0.05, 0.1) is 6.10 Å². The summed E-state index contributed by atoms with van der Waals surface area (Å²) in [5.74, 6) is 0. The molecular weight excluding hydrogens is 193 g/mol. The van der Waals surface area contributed by atoms with Gasteiger partial charge in [-0.15, -0.1) is 0 Å². The van der Waals surface area contributed by atoms with Crippen LogP contribution in [0.25, 0.3) is 0 Å². The predicted octanol–water partition coefficient (Wildman–Crippen LogP) is 0.990. The number of nitrogens with zero attached hydrogens (tertiary/aromatic N) is 1. The molecule has 0 aliphatic carbocycles. The van der Waals surface area contributed by atoms with E-state index in [1.807, 2.05) is 25.1 Å². The molecule has 2 unspecified atom stereocenters. The summed E-state index contributed by atoms with van der Waals surface area (Å²) in [5.41, 5.74) is 1.61. The molecule has 1 N–H and O–H groups in total. The van der Waals surface area contributed by atoms with E-state index < -0.39 is 19.3 Å². The van der Waals surface area contributed by atoms with Crippen molar-refractivity contribution in [3.63, 3.8) is 0 Å². The van der Waals surface area contributed by atoms with E-state index in [9.17, 15) is 9.93 Å². The zero-order valence-corrected chi connectivity index (χ0v) is 8.46. The second-order valence-corrected chi connectivity index (χ2v) is 3.62. The Morgan fingerprint density at radius 3 is 3.00 bits per heavy atom. The largest absolute Gasteiger partial charge is 0.492 e. The summed E-state index contributed by atoms with van der Waals surface area (Å²) in [6.45, 7) is 1.88. The van der Waals surface area contributed by atoms with Gasteiger partial charge in [-0.25, -0.2) is 0 Å². The molecule has 0 saturated carbocycles. The molecule has 5 heteroatoms. The molecule has 0 spiro atoms. The summed E-state index contributed by atoms with van der Waals surface area (Å²) >= 11 is 0. The van der Waals surface area contributed by atoms with Gasteiger partial charge in [-0.1, -0.05) is 36.4 Å². The van der Waals surface area contributed by atoms with E-state index >= 15 is 0 Å². The van der Waals surface area contributed by atoms with Gasteiger partial charge in [-0.3, -0.25) is 0 Å². The minimum absolute atomic E-state index is 0.404. The van der Waals surface area contributed by atoms with Crippen molar-refractivity contribution in [1.29, 1.82) is 0 Å². The molecule has 0 amide bonds. The minimum atomic E-state index is -0.929. The molecule has 4 nitrogen and oxygen atoms in total. The molecule has 0 bridgehead atoms. The maximum absolute atomic E-state index is 10.6. The predicted molar refractivity (Wildman–Crippen MR) is 57.7 cm³/mol. The first kappa shape index (κ1) is 10.3. The minimum Gasteiger partial charge on any atom is -0.423 e. The summed E-state index contributed by atoms with van der Waals surface area (Å²) < 4.78 is 5.34. The molecule has 78 valence electrons. The topological polar surface area (TPSA) is 58.9 Å². The fourth-order valence-electron chi connectivity index (χ4n) is 1.92. The molecule has 2 rings (SSSR count). The third-order valence-corrected chi connectivity index (χ3v) is 2.75. The number of fused-ring (bicyclic) bond motifs is 1. The Balaban J connectivity index is 2.35. The van der Waals surface area contributed by atoms with Crippen LogP contribution in [0.2, 0.25) is 0 Å². The molecule has 1 aromatic rings. The van der Waals surface area contributed by atoms with Gasteiger partial charge in [0.2, 0.25) is 0 Å². The highest BCUT2D eigenvalue weighted by Crippen LogP contribution is 2.29. The average Bonchev–Trinajstić information content (AvgIpc) is 2.60. The first-order valence-corrected chi connectivity index (χ1v) is 5.02. The molecule has 1 aliphatic rings. The molecule has 0 fully saturated rings.